The highest BCUT2D eigenvalue weighted by Crippen LogP contribution is 2.42. The van der Waals surface area contributed by atoms with E-state index < -0.39 is 50.5 Å². The molecule has 11 nitrogen and oxygen atoms in total. The van der Waals surface area contributed by atoms with Gasteiger partial charge in [0, 0.05) is 0 Å². The minimum atomic E-state index is -4.02. The fourth-order valence-electron chi connectivity index (χ4n) is 5.57. The number of rotatable bonds is 15. The van der Waals surface area contributed by atoms with Crippen LogP contribution in [0.3, 0.4) is 0 Å². The molecule has 12 heteroatoms. The maximum absolute atomic E-state index is 14.4. The lowest BCUT2D eigenvalue weighted by molar-refractivity contribution is -0.154. The number of hydrogen-bond acceptors (Lipinski definition) is 8. The lowest BCUT2D eigenvalue weighted by Crippen LogP contribution is -2.68. The number of hydrogen-bond donors (Lipinski definition) is 6. The number of carbonyl (C=O) groups is 3. The molecule has 0 aliphatic carbocycles. The number of carbonyl (C=O) groups excluding carboxylic acids is 3. The lowest BCUT2D eigenvalue weighted by Gasteiger charge is -2.45. The Morgan fingerprint density at radius 3 is 2.02 bits per heavy atom. The van der Waals surface area contributed by atoms with Crippen molar-refractivity contribution in [1.29, 1.82) is 0 Å². The third-order valence-corrected chi connectivity index (χ3v) is 8.93. The van der Waals surface area contributed by atoms with E-state index in [1.165, 1.54) is 12.1 Å². The van der Waals surface area contributed by atoms with Crippen LogP contribution < -0.4 is 22.5 Å². The monoisotopic (exact) mass is 646 g/mol. The first-order valence-corrected chi connectivity index (χ1v) is 16.5. The summed E-state index contributed by atoms with van der Waals surface area (Å²) in [7, 11) is -4.02. The third-order valence-electron chi connectivity index (χ3n) is 8.06. The van der Waals surface area contributed by atoms with E-state index in [1.54, 1.807) is 30.6 Å². The van der Waals surface area contributed by atoms with Gasteiger partial charge >= 0.3 is 0 Å². The number of allylic oxidation sites excluding steroid dienone is 1. The van der Waals surface area contributed by atoms with Crippen LogP contribution in [-0.4, -0.2) is 41.3 Å². The molecule has 0 aromatic heterocycles. The third kappa shape index (κ3) is 10.6. The number of nitrogens with two attached hydrogens (primary N) is 2. The van der Waals surface area contributed by atoms with Gasteiger partial charge in [0.05, 0.1) is 16.4 Å². The normalized spacial score (nSPS) is 15.6. The number of hydroxylamine groups is 1. The number of aryl methyl sites for hydroxylation is 1. The van der Waals surface area contributed by atoms with Crippen LogP contribution in [0.2, 0.25) is 0 Å². The van der Waals surface area contributed by atoms with Crippen LogP contribution in [0.25, 0.3) is 6.08 Å². The van der Waals surface area contributed by atoms with E-state index in [9.17, 15) is 28.0 Å². The van der Waals surface area contributed by atoms with Crippen molar-refractivity contribution in [1.82, 2.24) is 10.9 Å². The topological polar surface area (TPSA) is 202 Å². The van der Waals surface area contributed by atoms with E-state index in [0.717, 1.165) is 11.1 Å². The summed E-state index contributed by atoms with van der Waals surface area (Å²) in [5, 5.41) is 9.54. The fourth-order valence-corrected chi connectivity index (χ4v) is 6.05. The molecule has 0 saturated heterocycles. The Morgan fingerprint density at radius 1 is 1.00 bits per heavy atom. The molecule has 0 bridgehead atoms. The number of nitrogens with one attached hydrogen (secondary N) is 2. The molecule has 2 aromatic carbocycles. The Kier molecular flexibility index (Phi) is 15.8. The summed E-state index contributed by atoms with van der Waals surface area (Å²) in [5.74, 6) is 2.09. The first-order chi connectivity index (χ1) is 21.0. The van der Waals surface area contributed by atoms with Gasteiger partial charge in [-0.2, -0.15) is 8.42 Å². The van der Waals surface area contributed by atoms with Crippen LogP contribution >= 0.6 is 0 Å². The molecule has 4 atom stereocenters. The van der Waals surface area contributed by atoms with Crippen LogP contribution in [-0.2, 0) is 24.5 Å². The number of amides is 2. The van der Waals surface area contributed by atoms with Gasteiger partial charge in [0.2, 0.25) is 11.8 Å². The second kappa shape index (κ2) is 17.9. The van der Waals surface area contributed by atoms with E-state index in [4.69, 9.17) is 16.1 Å². The summed E-state index contributed by atoms with van der Waals surface area (Å²) in [5.41, 5.74) is 9.43. The van der Waals surface area contributed by atoms with Gasteiger partial charge in [0.1, 0.15) is 5.41 Å². The largest absolute Gasteiger partial charge is 0.318 e. The van der Waals surface area contributed by atoms with E-state index in [-0.39, 0.29) is 30.1 Å². The molecule has 45 heavy (non-hydrogen) atoms. The van der Waals surface area contributed by atoms with Gasteiger partial charge in [-0.25, -0.2) is 11.3 Å². The summed E-state index contributed by atoms with van der Waals surface area (Å²) in [6.07, 6.45) is 5.23. The quantitative estimate of drug-likeness (QED) is 0.0400. The van der Waals surface area contributed by atoms with Gasteiger partial charge in [-0.1, -0.05) is 108 Å². The molecule has 2 rings (SSSR count). The predicted molar refractivity (Wildman–Crippen MR) is 175 cm³/mol. The summed E-state index contributed by atoms with van der Waals surface area (Å²) >= 11 is 0. The second-order valence-corrected chi connectivity index (χ2v) is 13.3. The Balaban J connectivity index is 0.000000768. The van der Waals surface area contributed by atoms with E-state index >= 15 is 0 Å². The maximum atomic E-state index is 14.4. The van der Waals surface area contributed by atoms with Crippen molar-refractivity contribution < 1.29 is 32.6 Å². The Labute approximate surface area is 267 Å². The second-order valence-electron chi connectivity index (χ2n) is 11.8. The number of benzene rings is 2. The maximum Gasteiger partial charge on any atom is 0.294 e. The van der Waals surface area contributed by atoms with Gasteiger partial charge in [-0.3, -0.25) is 29.6 Å². The molecule has 0 heterocycles. The van der Waals surface area contributed by atoms with Crippen molar-refractivity contribution in [3.8, 4) is 0 Å². The standard InChI is InChI=1S/C26H42N4O4.C7H8O3S/c1-6-16-25(17-18(3)4,24(33)29-28)23(32)26(27,19(5)7-2)21(22(31)30-34)15-11-14-20-12-9-8-10-13-20;1-6-2-4-7(5-3-6)11(8,9)10/h8-14,18-19,21,34H,6-7,15-17,27-28H2,1-5H3,(H,29,33)(H,30,31);2-5H,1H3,(H,8,9,10)/b14-11+;/t19?,21-,25?,26-;/m1./s1. The summed E-state index contributed by atoms with van der Waals surface area (Å²) in [6, 6.07) is 15.5. The van der Waals surface area contributed by atoms with Gasteiger partial charge in [-0.05, 0) is 55.7 Å². The lowest BCUT2D eigenvalue weighted by atomic mass is 9.59. The molecule has 0 spiro atoms. The highest BCUT2D eigenvalue weighted by atomic mass is 32.2. The number of ketones is 1. The molecule has 2 amide bonds. The van der Waals surface area contributed by atoms with Crippen LogP contribution in [0.15, 0.2) is 65.6 Å². The predicted octanol–water partition coefficient (Wildman–Crippen LogP) is 4.59. The zero-order chi connectivity index (χ0) is 34.4. The van der Waals surface area contributed by atoms with E-state index in [1.807, 2.05) is 71.0 Å². The Morgan fingerprint density at radius 2 is 1.58 bits per heavy atom. The van der Waals surface area contributed by atoms with Crippen LogP contribution in [0, 0.1) is 30.1 Å². The van der Waals surface area contributed by atoms with Gasteiger partial charge in [-0.15, -0.1) is 0 Å². The molecule has 250 valence electrons. The Hall–Kier alpha value is -3.42. The summed E-state index contributed by atoms with van der Waals surface area (Å²) < 4.78 is 29.6. The van der Waals surface area contributed by atoms with Gasteiger partial charge in [0.15, 0.2) is 5.78 Å². The highest BCUT2D eigenvalue weighted by molar-refractivity contribution is 7.85. The number of Topliss-reactive ketones (excluding diaryl/α,β-unsaturated/α-hetero) is 1. The van der Waals surface area contributed by atoms with Crippen molar-refractivity contribution in [3.05, 3.63) is 71.8 Å². The first-order valence-electron chi connectivity index (χ1n) is 15.1. The molecule has 2 aromatic rings. The molecule has 0 radical (unpaired) electrons. The summed E-state index contributed by atoms with van der Waals surface area (Å²) in [4.78, 5) is 40.4. The highest BCUT2D eigenvalue weighted by Gasteiger charge is 2.58. The zero-order valence-electron chi connectivity index (χ0n) is 27.1. The molecule has 2 unspecified atom stereocenters. The van der Waals surface area contributed by atoms with Crippen molar-refractivity contribution in [2.45, 2.75) is 84.1 Å². The molecular formula is C33H50N4O7S. The van der Waals surface area contributed by atoms with Crippen molar-refractivity contribution in [2.75, 3.05) is 0 Å². The van der Waals surface area contributed by atoms with Gasteiger partial charge in [0.25, 0.3) is 10.1 Å². The fraction of sp³-hybridized carbons (Fsp3) is 0.485. The first kappa shape index (κ1) is 39.6. The molecule has 8 N–H and O–H groups in total. The zero-order valence-corrected chi connectivity index (χ0v) is 27.9. The van der Waals surface area contributed by atoms with Crippen molar-refractivity contribution in [3.63, 3.8) is 0 Å². The molecule has 0 aliphatic heterocycles. The SMILES string of the molecule is CCCC(CC(C)C)(C(=O)NN)C(=O)[C@@](N)(C(C)CC)[C@H](C/C=C/c1ccccc1)C(=O)NO.Cc1ccc(S(=O)(=O)O)cc1. The minimum Gasteiger partial charge on any atom is -0.318 e. The molecule has 0 aliphatic rings. The number of hydrazine groups is 1. The average molecular weight is 647 g/mol. The van der Waals surface area contributed by atoms with Crippen molar-refractivity contribution in [2.24, 2.45) is 34.7 Å². The van der Waals surface area contributed by atoms with Crippen LogP contribution in [0.5, 0.6) is 0 Å². The average Bonchev–Trinajstić information content (AvgIpc) is 3.01. The molecule has 0 saturated carbocycles. The Bertz CT molecular complexity index is 1380. The van der Waals surface area contributed by atoms with Gasteiger partial charge < -0.3 is 5.73 Å². The minimum absolute atomic E-state index is 0.00271. The van der Waals surface area contributed by atoms with E-state index in [0.29, 0.717) is 12.8 Å². The van der Waals surface area contributed by atoms with Crippen molar-refractivity contribution >= 4 is 33.8 Å². The van der Waals surface area contributed by atoms with Crippen LogP contribution in [0.4, 0.5) is 0 Å². The smallest absolute Gasteiger partial charge is 0.294 e. The van der Waals surface area contributed by atoms with E-state index in [2.05, 4.69) is 5.43 Å². The molecular weight excluding hydrogens is 596 g/mol. The van der Waals surface area contributed by atoms with Crippen LogP contribution in [0.1, 0.15) is 77.8 Å². The summed E-state index contributed by atoms with van der Waals surface area (Å²) in [6.45, 7) is 11.2. The molecule has 0 fully saturated rings.